The largest absolute Gasteiger partial charge is 0.492 e. The van der Waals surface area contributed by atoms with Crippen LogP contribution in [0, 0.1) is 0 Å². The van der Waals surface area contributed by atoms with E-state index in [1.807, 2.05) is 19.2 Å². The lowest BCUT2D eigenvalue weighted by Crippen LogP contribution is -2.20. The van der Waals surface area contributed by atoms with Crippen molar-refractivity contribution in [3.05, 3.63) is 29.3 Å². The Bertz CT molecular complexity index is 403. The SMILES string of the molecule is COC(=O)c1ccc2c(c1)CN(C)CCO2. The van der Waals surface area contributed by atoms with Crippen LogP contribution in [-0.4, -0.2) is 38.2 Å². The van der Waals surface area contributed by atoms with Crippen LogP contribution >= 0.6 is 0 Å². The summed E-state index contributed by atoms with van der Waals surface area (Å²) in [5, 5.41) is 0. The Morgan fingerprint density at radius 1 is 1.50 bits per heavy atom. The zero-order chi connectivity index (χ0) is 11.5. The Morgan fingerprint density at radius 2 is 2.31 bits per heavy atom. The zero-order valence-electron chi connectivity index (χ0n) is 9.53. The fraction of sp³-hybridized carbons (Fsp3) is 0.417. The van der Waals surface area contributed by atoms with Crippen LogP contribution < -0.4 is 4.74 Å². The molecule has 1 aliphatic heterocycles. The molecule has 4 heteroatoms. The van der Waals surface area contributed by atoms with Crippen LogP contribution in [0.25, 0.3) is 0 Å². The third kappa shape index (κ3) is 2.17. The first-order valence-corrected chi connectivity index (χ1v) is 5.23. The van der Waals surface area contributed by atoms with Gasteiger partial charge in [0.15, 0.2) is 0 Å². The summed E-state index contributed by atoms with van der Waals surface area (Å²) in [6.07, 6.45) is 0. The van der Waals surface area contributed by atoms with Crippen LogP contribution in [0.15, 0.2) is 18.2 Å². The second-order valence-electron chi connectivity index (χ2n) is 3.90. The van der Waals surface area contributed by atoms with Gasteiger partial charge in [0.25, 0.3) is 0 Å². The topological polar surface area (TPSA) is 38.8 Å². The van der Waals surface area contributed by atoms with E-state index >= 15 is 0 Å². The highest BCUT2D eigenvalue weighted by Crippen LogP contribution is 2.24. The van der Waals surface area contributed by atoms with Crippen molar-refractivity contribution in [3.8, 4) is 5.75 Å². The lowest BCUT2D eigenvalue weighted by atomic mass is 10.1. The van der Waals surface area contributed by atoms with Crippen LogP contribution in [-0.2, 0) is 11.3 Å². The van der Waals surface area contributed by atoms with Crippen molar-refractivity contribution in [2.45, 2.75) is 6.54 Å². The average Bonchev–Trinajstić information content (AvgIpc) is 2.47. The fourth-order valence-electron chi connectivity index (χ4n) is 1.77. The van der Waals surface area contributed by atoms with Crippen LogP contribution in [0.2, 0.25) is 0 Å². The van der Waals surface area contributed by atoms with Gasteiger partial charge in [-0.3, -0.25) is 4.90 Å². The summed E-state index contributed by atoms with van der Waals surface area (Å²) < 4.78 is 10.3. The Hall–Kier alpha value is -1.55. The van der Waals surface area contributed by atoms with E-state index in [4.69, 9.17) is 9.47 Å². The quantitative estimate of drug-likeness (QED) is 0.670. The molecule has 1 aliphatic rings. The summed E-state index contributed by atoms with van der Waals surface area (Å²) in [6.45, 7) is 2.36. The number of benzene rings is 1. The number of methoxy groups -OCH3 is 1. The monoisotopic (exact) mass is 221 g/mol. The van der Waals surface area contributed by atoms with E-state index < -0.39 is 0 Å². The number of nitrogens with zero attached hydrogens (tertiary/aromatic N) is 1. The third-order valence-corrected chi connectivity index (χ3v) is 2.65. The van der Waals surface area contributed by atoms with Gasteiger partial charge >= 0.3 is 5.97 Å². The molecule has 16 heavy (non-hydrogen) atoms. The summed E-state index contributed by atoms with van der Waals surface area (Å²) in [7, 11) is 3.42. The van der Waals surface area contributed by atoms with Gasteiger partial charge in [-0.2, -0.15) is 0 Å². The molecule has 0 atom stereocenters. The third-order valence-electron chi connectivity index (χ3n) is 2.65. The lowest BCUT2D eigenvalue weighted by molar-refractivity contribution is 0.0600. The van der Waals surface area contributed by atoms with Gasteiger partial charge in [0.05, 0.1) is 12.7 Å². The minimum absolute atomic E-state index is 0.310. The molecule has 0 saturated carbocycles. The number of fused-ring (bicyclic) bond motifs is 1. The van der Waals surface area contributed by atoms with Crippen molar-refractivity contribution < 1.29 is 14.3 Å². The van der Waals surface area contributed by atoms with Gasteiger partial charge in [-0.1, -0.05) is 0 Å². The normalized spacial score (nSPS) is 15.9. The molecule has 1 heterocycles. The molecule has 0 N–H and O–H groups in total. The minimum atomic E-state index is -0.310. The number of hydrogen-bond acceptors (Lipinski definition) is 4. The van der Waals surface area contributed by atoms with Crippen LogP contribution in [0.3, 0.4) is 0 Å². The molecule has 0 bridgehead atoms. The molecule has 0 saturated heterocycles. The molecule has 0 fully saturated rings. The van der Waals surface area contributed by atoms with Crippen LogP contribution in [0.5, 0.6) is 5.75 Å². The van der Waals surface area contributed by atoms with Gasteiger partial charge in [0.1, 0.15) is 12.4 Å². The molecular weight excluding hydrogens is 206 g/mol. The summed E-state index contributed by atoms with van der Waals surface area (Å²) in [6, 6.07) is 5.40. The minimum Gasteiger partial charge on any atom is -0.492 e. The maximum Gasteiger partial charge on any atom is 0.337 e. The summed E-state index contributed by atoms with van der Waals surface area (Å²) >= 11 is 0. The van der Waals surface area contributed by atoms with Gasteiger partial charge in [0.2, 0.25) is 0 Å². The highest BCUT2D eigenvalue weighted by Gasteiger charge is 2.15. The lowest BCUT2D eigenvalue weighted by Gasteiger charge is -2.11. The molecule has 0 spiro atoms. The van der Waals surface area contributed by atoms with E-state index in [9.17, 15) is 4.79 Å². The second kappa shape index (κ2) is 4.53. The van der Waals surface area contributed by atoms with E-state index in [0.29, 0.717) is 12.2 Å². The molecular formula is C12H15NO3. The highest BCUT2D eigenvalue weighted by molar-refractivity contribution is 5.89. The van der Waals surface area contributed by atoms with Crippen LogP contribution in [0.4, 0.5) is 0 Å². The van der Waals surface area contributed by atoms with Gasteiger partial charge < -0.3 is 9.47 Å². The van der Waals surface area contributed by atoms with Crippen molar-refractivity contribution in [1.82, 2.24) is 4.90 Å². The summed E-state index contributed by atoms with van der Waals surface area (Å²) in [5.41, 5.74) is 1.60. The highest BCUT2D eigenvalue weighted by atomic mass is 16.5. The van der Waals surface area contributed by atoms with Crippen molar-refractivity contribution in [1.29, 1.82) is 0 Å². The fourth-order valence-corrected chi connectivity index (χ4v) is 1.77. The number of ether oxygens (including phenoxy) is 2. The van der Waals surface area contributed by atoms with Crippen molar-refractivity contribution in [3.63, 3.8) is 0 Å². The Kier molecular flexibility index (Phi) is 3.10. The smallest absolute Gasteiger partial charge is 0.337 e. The molecule has 0 radical (unpaired) electrons. The van der Waals surface area contributed by atoms with Crippen molar-refractivity contribution in [2.75, 3.05) is 27.3 Å². The molecule has 0 aliphatic carbocycles. The first-order chi connectivity index (χ1) is 7.70. The number of carbonyl (C=O) groups excluding carboxylic acids is 1. The first-order valence-electron chi connectivity index (χ1n) is 5.23. The number of carbonyl (C=O) groups is 1. The van der Waals surface area contributed by atoms with Gasteiger partial charge in [-0.05, 0) is 25.2 Å². The predicted molar refractivity (Wildman–Crippen MR) is 59.6 cm³/mol. The standard InChI is InChI=1S/C12H15NO3/c1-13-5-6-16-11-4-3-9(12(14)15-2)7-10(11)8-13/h3-4,7H,5-6,8H2,1-2H3. The maximum absolute atomic E-state index is 11.4. The molecule has 1 aromatic rings. The molecule has 0 unspecified atom stereocenters. The van der Waals surface area contributed by atoms with Crippen molar-refractivity contribution >= 4 is 5.97 Å². The summed E-state index contributed by atoms with van der Waals surface area (Å²) in [4.78, 5) is 13.5. The Balaban J connectivity index is 2.33. The van der Waals surface area contributed by atoms with Gasteiger partial charge in [-0.25, -0.2) is 4.79 Å². The second-order valence-corrected chi connectivity index (χ2v) is 3.90. The Labute approximate surface area is 94.8 Å². The predicted octanol–water partition coefficient (Wildman–Crippen LogP) is 1.30. The van der Waals surface area contributed by atoms with E-state index in [1.54, 1.807) is 6.07 Å². The first kappa shape index (κ1) is 11.0. The Morgan fingerprint density at radius 3 is 3.06 bits per heavy atom. The molecule has 2 rings (SSSR count). The maximum atomic E-state index is 11.4. The molecule has 86 valence electrons. The molecule has 1 aromatic carbocycles. The van der Waals surface area contributed by atoms with E-state index in [0.717, 1.165) is 24.4 Å². The zero-order valence-corrected chi connectivity index (χ0v) is 9.53. The summed E-state index contributed by atoms with van der Waals surface area (Å²) in [5.74, 6) is 0.548. The molecule has 0 amide bonds. The number of likely N-dealkylation sites (N-methyl/N-ethyl adjacent to an activating group) is 1. The van der Waals surface area contributed by atoms with Crippen LogP contribution in [0.1, 0.15) is 15.9 Å². The number of hydrogen-bond donors (Lipinski definition) is 0. The number of rotatable bonds is 1. The van der Waals surface area contributed by atoms with E-state index in [2.05, 4.69) is 4.90 Å². The van der Waals surface area contributed by atoms with Gasteiger partial charge in [-0.15, -0.1) is 0 Å². The average molecular weight is 221 g/mol. The molecule has 4 nitrogen and oxygen atoms in total. The number of esters is 1. The van der Waals surface area contributed by atoms with E-state index in [1.165, 1.54) is 7.11 Å². The van der Waals surface area contributed by atoms with E-state index in [-0.39, 0.29) is 5.97 Å². The van der Waals surface area contributed by atoms with Crippen molar-refractivity contribution in [2.24, 2.45) is 0 Å². The van der Waals surface area contributed by atoms with Gasteiger partial charge in [0, 0.05) is 18.7 Å². The molecule has 0 aromatic heterocycles.